The van der Waals surface area contributed by atoms with E-state index in [9.17, 15) is 19.2 Å². The largest absolute Gasteiger partial charge is 0.364 e. The molecule has 16 heteroatoms. The summed E-state index contributed by atoms with van der Waals surface area (Å²) in [6.07, 6.45) is 12.8. The van der Waals surface area contributed by atoms with Gasteiger partial charge in [0, 0.05) is 0 Å². The van der Waals surface area contributed by atoms with Gasteiger partial charge in [-0.15, -0.1) is 10.2 Å². The van der Waals surface area contributed by atoms with Crippen LogP contribution in [-0.4, -0.2) is 58.3 Å². The number of nitrogens with one attached hydrogen (secondary N) is 2. The number of amides is 2. The van der Waals surface area contributed by atoms with Crippen molar-refractivity contribution in [3.63, 3.8) is 0 Å². The van der Waals surface area contributed by atoms with Crippen LogP contribution in [0.3, 0.4) is 0 Å². The van der Waals surface area contributed by atoms with Crippen LogP contribution >= 0.6 is 0 Å². The highest BCUT2D eigenvalue weighted by atomic mass is 16.2. The second-order valence-corrected chi connectivity index (χ2v) is 8.14. The summed E-state index contributed by atoms with van der Waals surface area (Å²) < 4.78 is 2.58. The van der Waals surface area contributed by atoms with E-state index in [1.807, 2.05) is 0 Å². The number of nitrogens with zero attached hydrogens (tertiary/aromatic N) is 8. The Morgan fingerprint density at radius 1 is 1.08 bits per heavy atom. The van der Waals surface area contributed by atoms with Gasteiger partial charge in [0.1, 0.15) is 6.33 Å². The van der Waals surface area contributed by atoms with Gasteiger partial charge in [-0.1, -0.05) is 30.9 Å². The maximum atomic E-state index is 12.2. The zero-order valence-corrected chi connectivity index (χ0v) is 19.3. The molecule has 3 aromatic rings. The molecule has 16 nitrogen and oxygen atoms in total. The third-order valence-corrected chi connectivity index (χ3v) is 5.82. The zero-order chi connectivity index (χ0) is 26.1. The van der Waals surface area contributed by atoms with Gasteiger partial charge in [-0.25, -0.2) is 34.5 Å². The second kappa shape index (κ2) is 12.2. The number of imidazole rings is 2. The van der Waals surface area contributed by atoms with Crippen molar-refractivity contribution in [1.82, 2.24) is 34.3 Å². The summed E-state index contributed by atoms with van der Waals surface area (Å²) in [4.78, 5) is 56.8. The van der Waals surface area contributed by atoms with Crippen LogP contribution in [-0.2, 0) is 4.79 Å². The fraction of sp³-hybridized carbons (Fsp3) is 0.500. The SMILES string of the molecule is N=Nc1nc[nH]c1C(N)=O.NC(=O)c1ncn2c(=O)n(C3CCCC3)nnc12.O=C=NC1CCCC1. The van der Waals surface area contributed by atoms with E-state index >= 15 is 0 Å². The van der Waals surface area contributed by atoms with Crippen LogP contribution in [0.2, 0.25) is 0 Å². The predicted molar refractivity (Wildman–Crippen MR) is 123 cm³/mol. The Morgan fingerprint density at radius 2 is 1.75 bits per heavy atom. The molecule has 0 unspecified atom stereocenters. The molecule has 190 valence electrons. The first kappa shape index (κ1) is 26.0. The highest BCUT2D eigenvalue weighted by molar-refractivity contribution is 5.96. The van der Waals surface area contributed by atoms with E-state index < -0.39 is 11.8 Å². The third-order valence-electron chi connectivity index (χ3n) is 5.82. The average molecular weight is 499 g/mol. The minimum Gasteiger partial charge on any atom is -0.364 e. The van der Waals surface area contributed by atoms with Crippen molar-refractivity contribution in [3.05, 3.63) is 34.5 Å². The van der Waals surface area contributed by atoms with E-state index in [-0.39, 0.29) is 34.6 Å². The Hall–Kier alpha value is -4.59. The predicted octanol–water partition coefficient (Wildman–Crippen LogP) is 0.936. The molecule has 0 aromatic carbocycles. The molecule has 0 radical (unpaired) electrons. The molecule has 2 fully saturated rings. The first-order valence-corrected chi connectivity index (χ1v) is 11.3. The van der Waals surface area contributed by atoms with Gasteiger partial charge in [0.25, 0.3) is 11.8 Å². The van der Waals surface area contributed by atoms with Gasteiger partial charge in [-0.2, -0.15) is 4.68 Å². The van der Waals surface area contributed by atoms with Crippen LogP contribution in [0.1, 0.15) is 78.4 Å². The molecular formula is C20H26N12O4. The minimum absolute atomic E-state index is 0.0208. The molecule has 0 atom stereocenters. The standard InChI is InChI=1S/C10H12N6O2.C6H9NO.C4H5N5O/c11-8(17)7-9-13-14-16(6-3-1-2-4-6)10(18)15(9)5-12-7;8-5-7-6-3-1-2-4-6;5-3(10)2-4(9-6)8-1-7-2/h5-6H,1-4H2,(H2,11,17);6H,1-4H2;1,6H,(H2,5,10)(H,7,8). The summed E-state index contributed by atoms with van der Waals surface area (Å²) in [5.74, 6) is -1.36. The van der Waals surface area contributed by atoms with Crippen LogP contribution in [0, 0.1) is 5.53 Å². The normalized spacial score (nSPS) is 15.3. The molecule has 0 spiro atoms. The van der Waals surface area contributed by atoms with Crippen LogP contribution < -0.4 is 17.2 Å². The number of aromatic nitrogens is 7. The third kappa shape index (κ3) is 6.09. The lowest BCUT2D eigenvalue weighted by Gasteiger charge is -2.10. The maximum Gasteiger partial charge on any atom is 0.353 e. The van der Waals surface area contributed by atoms with Gasteiger partial charge in [-0.3, -0.25) is 9.59 Å². The fourth-order valence-electron chi connectivity index (χ4n) is 4.03. The number of aliphatic imine (C=N–C) groups is 1. The van der Waals surface area contributed by atoms with Gasteiger partial charge in [0.2, 0.25) is 11.9 Å². The van der Waals surface area contributed by atoms with Crippen molar-refractivity contribution >= 4 is 29.4 Å². The van der Waals surface area contributed by atoms with Crippen molar-refractivity contribution < 1.29 is 14.4 Å². The van der Waals surface area contributed by atoms with Crippen molar-refractivity contribution in [2.75, 3.05) is 0 Å². The summed E-state index contributed by atoms with van der Waals surface area (Å²) >= 11 is 0. The maximum absolute atomic E-state index is 12.2. The Morgan fingerprint density at radius 3 is 2.31 bits per heavy atom. The minimum atomic E-state index is -0.718. The van der Waals surface area contributed by atoms with Crippen LogP contribution in [0.5, 0.6) is 0 Å². The summed E-state index contributed by atoms with van der Waals surface area (Å²) in [6.45, 7) is 0. The summed E-state index contributed by atoms with van der Waals surface area (Å²) in [6, 6.07) is 0.404. The first-order valence-electron chi connectivity index (χ1n) is 11.3. The summed E-state index contributed by atoms with van der Waals surface area (Å²) in [5, 5.41) is 10.7. The molecule has 2 aliphatic rings. The second-order valence-electron chi connectivity index (χ2n) is 8.14. The lowest BCUT2D eigenvalue weighted by atomic mass is 10.3. The zero-order valence-electron chi connectivity index (χ0n) is 19.3. The van der Waals surface area contributed by atoms with Gasteiger partial charge >= 0.3 is 5.69 Å². The van der Waals surface area contributed by atoms with Crippen LogP contribution in [0.4, 0.5) is 5.82 Å². The molecule has 6 N–H and O–H groups in total. The number of hydrogen-bond acceptors (Lipinski definition) is 11. The van der Waals surface area contributed by atoms with Crippen molar-refractivity contribution in [3.8, 4) is 0 Å². The highest BCUT2D eigenvalue weighted by Crippen LogP contribution is 2.27. The number of primary amides is 2. The summed E-state index contributed by atoms with van der Waals surface area (Å²) in [7, 11) is 0. The Labute approximate surface area is 203 Å². The smallest absolute Gasteiger partial charge is 0.353 e. The lowest BCUT2D eigenvalue weighted by molar-refractivity contribution is 0.0988. The number of H-pyrrole nitrogens is 1. The van der Waals surface area contributed by atoms with Crippen molar-refractivity contribution in [2.24, 2.45) is 21.6 Å². The molecule has 2 saturated carbocycles. The highest BCUT2D eigenvalue weighted by Gasteiger charge is 2.22. The molecule has 3 heterocycles. The summed E-state index contributed by atoms with van der Waals surface area (Å²) in [5.41, 5.74) is 16.4. The first-order chi connectivity index (χ1) is 17.4. The van der Waals surface area contributed by atoms with E-state index in [1.165, 1.54) is 34.6 Å². The number of nitrogens with two attached hydrogens (primary N) is 2. The molecule has 2 aliphatic carbocycles. The Balaban J connectivity index is 0.000000169. The van der Waals surface area contributed by atoms with Gasteiger partial charge < -0.3 is 16.5 Å². The number of aromatic amines is 1. The Bertz CT molecular complexity index is 1320. The van der Waals surface area contributed by atoms with Crippen molar-refractivity contribution in [2.45, 2.75) is 63.5 Å². The molecular weight excluding hydrogens is 472 g/mol. The number of isocyanates is 1. The number of carbonyl (C=O) groups is 2. The van der Waals surface area contributed by atoms with Crippen LogP contribution in [0.15, 0.2) is 27.6 Å². The molecule has 0 saturated heterocycles. The molecule has 3 aromatic heterocycles. The topological polar surface area (TPSA) is 246 Å². The molecule has 36 heavy (non-hydrogen) atoms. The van der Waals surface area contributed by atoms with Gasteiger partial charge in [-0.05, 0) is 25.7 Å². The van der Waals surface area contributed by atoms with E-state index in [0.717, 1.165) is 38.5 Å². The van der Waals surface area contributed by atoms with E-state index in [4.69, 9.17) is 17.0 Å². The Kier molecular flexibility index (Phi) is 8.83. The van der Waals surface area contributed by atoms with E-state index in [2.05, 4.69) is 35.4 Å². The monoisotopic (exact) mass is 498 g/mol. The number of carbonyl (C=O) groups excluding carboxylic acids is 3. The number of rotatable bonds is 5. The van der Waals surface area contributed by atoms with E-state index in [1.54, 1.807) is 6.08 Å². The lowest BCUT2D eigenvalue weighted by Crippen LogP contribution is -2.32. The van der Waals surface area contributed by atoms with Gasteiger partial charge in [0.05, 0.1) is 18.4 Å². The molecule has 2 amide bonds. The molecule has 0 bridgehead atoms. The number of hydrogen-bond donors (Lipinski definition) is 4. The van der Waals surface area contributed by atoms with Crippen molar-refractivity contribution in [1.29, 1.82) is 5.53 Å². The number of fused-ring (bicyclic) bond motifs is 1. The van der Waals surface area contributed by atoms with E-state index in [0.29, 0.717) is 6.04 Å². The quantitative estimate of drug-likeness (QED) is 0.223. The average Bonchev–Trinajstić information content (AvgIpc) is 3.67. The molecule has 5 rings (SSSR count). The van der Waals surface area contributed by atoms with Gasteiger partial charge in [0.15, 0.2) is 17.0 Å². The fourth-order valence-corrected chi connectivity index (χ4v) is 4.03. The molecule has 0 aliphatic heterocycles. The van der Waals surface area contributed by atoms with Crippen LogP contribution in [0.25, 0.3) is 5.65 Å².